The second-order valence-electron chi connectivity index (χ2n) is 8.44. The largest absolute Gasteiger partial charge is 0.490 e. The Morgan fingerprint density at radius 2 is 1.64 bits per heavy atom. The average molecular weight is 610 g/mol. The van der Waals surface area contributed by atoms with E-state index < -0.39 is 16.7 Å². The fourth-order valence-corrected chi connectivity index (χ4v) is 4.56. The number of aryl methyl sites for hydroxylation is 1. The van der Waals surface area contributed by atoms with Crippen LogP contribution in [0.2, 0.25) is 0 Å². The number of amides is 2. The lowest BCUT2D eigenvalue weighted by molar-refractivity contribution is -0.384. The summed E-state index contributed by atoms with van der Waals surface area (Å²) in [6.45, 7) is 4.35. The third-order valence-electron chi connectivity index (χ3n) is 5.91. The summed E-state index contributed by atoms with van der Waals surface area (Å²) >= 11 is 8.80. The third kappa shape index (κ3) is 6.32. The van der Waals surface area contributed by atoms with Crippen molar-refractivity contribution in [3.05, 3.63) is 97.5 Å². The Labute approximate surface area is 238 Å². The number of non-ortho nitro benzene ring substituents is 1. The molecule has 39 heavy (non-hydrogen) atoms. The normalized spacial score (nSPS) is 14.4. The van der Waals surface area contributed by atoms with Gasteiger partial charge in [0.25, 0.3) is 17.5 Å². The van der Waals surface area contributed by atoms with E-state index in [1.807, 2.05) is 26.0 Å². The number of nitro benzene ring substituents is 1. The number of ether oxygens (including phenoxy) is 2. The van der Waals surface area contributed by atoms with Crippen molar-refractivity contribution in [1.82, 2.24) is 5.32 Å². The Morgan fingerprint density at radius 1 is 1.00 bits per heavy atom. The Hall–Kier alpha value is -4.09. The van der Waals surface area contributed by atoms with Crippen LogP contribution in [-0.2, 0) is 22.6 Å². The fourth-order valence-electron chi connectivity index (χ4n) is 3.85. The summed E-state index contributed by atoms with van der Waals surface area (Å²) in [6, 6.07) is 16.8. The maximum atomic E-state index is 13.4. The quantitative estimate of drug-likeness (QED) is 0.108. The first-order valence-corrected chi connectivity index (χ1v) is 13.2. The van der Waals surface area contributed by atoms with Gasteiger partial charge in [0.15, 0.2) is 16.6 Å². The molecule has 0 aromatic heterocycles. The molecule has 0 aliphatic carbocycles. The number of carbonyl (C=O) groups excluding carboxylic acids is 2. The number of nitro groups is 1. The predicted molar refractivity (Wildman–Crippen MR) is 155 cm³/mol. The molecule has 200 valence electrons. The topological polar surface area (TPSA) is 111 Å². The Balaban J connectivity index is 1.62. The van der Waals surface area contributed by atoms with Crippen LogP contribution in [0.5, 0.6) is 11.5 Å². The van der Waals surface area contributed by atoms with Gasteiger partial charge in [-0.2, -0.15) is 0 Å². The standard InChI is InChI=1S/C28H24BrN3O6S/c1-3-17-5-9-20(10-6-17)31-27(34)22(26(33)30-28(31)39)13-19-14-24(37-4-2)25(15-23(19)29)38-16-18-7-11-21(12-8-18)32(35)36/h5-15H,3-4,16H2,1-2H3,(H,30,33,39)/b22-13+. The van der Waals surface area contributed by atoms with E-state index in [0.29, 0.717) is 33.8 Å². The highest BCUT2D eigenvalue weighted by Gasteiger charge is 2.34. The lowest BCUT2D eigenvalue weighted by atomic mass is 10.1. The molecule has 1 N–H and O–H groups in total. The maximum absolute atomic E-state index is 13.4. The lowest BCUT2D eigenvalue weighted by Gasteiger charge is -2.29. The molecule has 0 radical (unpaired) electrons. The Bertz CT molecular complexity index is 1470. The summed E-state index contributed by atoms with van der Waals surface area (Å²) in [6.07, 6.45) is 2.32. The molecule has 1 fully saturated rings. The fraction of sp³-hybridized carbons (Fsp3) is 0.179. The van der Waals surface area contributed by atoms with E-state index in [-0.39, 0.29) is 23.0 Å². The van der Waals surface area contributed by atoms with Crippen LogP contribution in [-0.4, -0.2) is 28.5 Å². The van der Waals surface area contributed by atoms with Crippen LogP contribution in [0.1, 0.15) is 30.5 Å². The highest BCUT2D eigenvalue weighted by atomic mass is 79.9. The molecule has 3 aromatic carbocycles. The average Bonchev–Trinajstić information content (AvgIpc) is 2.92. The second-order valence-corrected chi connectivity index (χ2v) is 9.68. The van der Waals surface area contributed by atoms with Crippen LogP contribution in [0.25, 0.3) is 6.08 Å². The minimum absolute atomic E-state index is 0.00695. The maximum Gasteiger partial charge on any atom is 0.270 e. The first kappa shape index (κ1) is 27.9. The molecule has 1 aliphatic heterocycles. The van der Waals surface area contributed by atoms with Crippen LogP contribution in [0.3, 0.4) is 0 Å². The van der Waals surface area contributed by atoms with E-state index in [9.17, 15) is 19.7 Å². The Kier molecular flexibility index (Phi) is 8.72. The van der Waals surface area contributed by atoms with Gasteiger partial charge in [-0.05, 0) is 84.7 Å². The van der Waals surface area contributed by atoms with Gasteiger partial charge in [-0.1, -0.05) is 35.0 Å². The van der Waals surface area contributed by atoms with Gasteiger partial charge in [-0.25, -0.2) is 0 Å². The zero-order valence-electron chi connectivity index (χ0n) is 21.1. The molecule has 3 aromatic rings. The summed E-state index contributed by atoms with van der Waals surface area (Å²) in [7, 11) is 0. The molecule has 0 unspecified atom stereocenters. The molecular formula is C28H24BrN3O6S. The first-order chi connectivity index (χ1) is 18.7. The number of hydrogen-bond donors (Lipinski definition) is 1. The van der Waals surface area contributed by atoms with E-state index in [2.05, 4.69) is 21.2 Å². The number of carbonyl (C=O) groups is 2. The molecule has 0 bridgehead atoms. The molecule has 0 spiro atoms. The molecule has 1 heterocycles. The van der Waals surface area contributed by atoms with Crippen LogP contribution in [0.4, 0.5) is 11.4 Å². The van der Waals surface area contributed by atoms with Crippen molar-refractivity contribution < 1.29 is 24.0 Å². The van der Waals surface area contributed by atoms with Gasteiger partial charge >= 0.3 is 0 Å². The van der Waals surface area contributed by atoms with Crippen molar-refractivity contribution in [2.45, 2.75) is 26.9 Å². The van der Waals surface area contributed by atoms with Crippen molar-refractivity contribution in [3.8, 4) is 11.5 Å². The van der Waals surface area contributed by atoms with Gasteiger partial charge in [-0.3, -0.25) is 29.9 Å². The Morgan fingerprint density at radius 3 is 2.26 bits per heavy atom. The summed E-state index contributed by atoms with van der Waals surface area (Å²) < 4.78 is 12.3. The van der Waals surface area contributed by atoms with E-state index in [1.54, 1.807) is 36.4 Å². The lowest BCUT2D eigenvalue weighted by Crippen LogP contribution is -2.54. The minimum atomic E-state index is -0.602. The van der Waals surface area contributed by atoms with E-state index in [4.69, 9.17) is 21.7 Å². The van der Waals surface area contributed by atoms with Gasteiger partial charge in [0.05, 0.1) is 17.2 Å². The number of rotatable bonds is 9. The van der Waals surface area contributed by atoms with Crippen molar-refractivity contribution in [1.29, 1.82) is 0 Å². The summed E-state index contributed by atoms with van der Waals surface area (Å²) in [4.78, 5) is 37.9. The molecule has 9 nitrogen and oxygen atoms in total. The van der Waals surface area contributed by atoms with Crippen LogP contribution in [0, 0.1) is 10.1 Å². The molecule has 0 saturated carbocycles. The van der Waals surface area contributed by atoms with Gasteiger partial charge < -0.3 is 9.47 Å². The highest BCUT2D eigenvalue weighted by molar-refractivity contribution is 9.10. The van der Waals surface area contributed by atoms with Gasteiger partial charge in [0.1, 0.15) is 12.2 Å². The molecular weight excluding hydrogens is 586 g/mol. The number of benzene rings is 3. The molecule has 4 rings (SSSR count). The number of anilines is 1. The van der Waals surface area contributed by atoms with Gasteiger partial charge in [0, 0.05) is 16.6 Å². The molecule has 1 aliphatic rings. The summed E-state index contributed by atoms with van der Waals surface area (Å²) in [5.74, 6) is -0.325. The molecule has 11 heteroatoms. The van der Waals surface area contributed by atoms with Crippen molar-refractivity contribution >= 4 is 62.5 Å². The summed E-state index contributed by atoms with van der Waals surface area (Å²) in [5, 5.41) is 13.5. The smallest absolute Gasteiger partial charge is 0.270 e. The van der Waals surface area contributed by atoms with E-state index >= 15 is 0 Å². The SMILES string of the molecule is CCOc1cc(/C=C2\C(=O)NC(=S)N(c3ccc(CC)cc3)C2=O)c(Br)cc1OCc1ccc([N+](=O)[O-])cc1. The number of nitrogens with zero attached hydrogens (tertiary/aromatic N) is 2. The molecule has 1 saturated heterocycles. The first-order valence-electron chi connectivity index (χ1n) is 12.0. The second kappa shape index (κ2) is 12.2. The third-order valence-corrected chi connectivity index (χ3v) is 6.88. The number of nitrogens with one attached hydrogen (secondary N) is 1. The minimum Gasteiger partial charge on any atom is -0.490 e. The zero-order chi connectivity index (χ0) is 28.1. The van der Waals surface area contributed by atoms with Crippen molar-refractivity contribution in [2.24, 2.45) is 0 Å². The van der Waals surface area contributed by atoms with Gasteiger partial charge in [0.2, 0.25) is 0 Å². The van der Waals surface area contributed by atoms with E-state index in [0.717, 1.165) is 17.5 Å². The summed E-state index contributed by atoms with van der Waals surface area (Å²) in [5.41, 5.74) is 2.82. The number of halogens is 1. The zero-order valence-corrected chi connectivity index (χ0v) is 23.5. The highest BCUT2D eigenvalue weighted by Crippen LogP contribution is 2.36. The van der Waals surface area contributed by atoms with Crippen molar-refractivity contribution in [3.63, 3.8) is 0 Å². The predicted octanol–water partition coefficient (Wildman–Crippen LogP) is 5.73. The van der Waals surface area contributed by atoms with Crippen LogP contribution < -0.4 is 19.7 Å². The molecule has 0 atom stereocenters. The van der Waals surface area contributed by atoms with Crippen LogP contribution >= 0.6 is 28.1 Å². The number of thiocarbonyl (C=S) groups is 1. The van der Waals surface area contributed by atoms with Crippen molar-refractivity contribution in [2.75, 3.05) is 11.5 Å². The number of hydrogen-bond acceptors (Lipinski definition) is 7. The van der Waals surface area contributed by atoms with Gasteiger partial charge in [-0.15, -0.1) is 0 Å². The monoisotopic (exact) mass is 609 g/mol. The molecule has 2 amide bonds. The van der Waals surface area contributed by atoms with Crippen LogP contribution in [0.15, 0.2) is 70.7 Å². The van der Waals surface area contributed by atoms with E-state index in [1.165, 1.54) is 23.1 Å².